The van der Waals surface area contributed by atoms with Gasteiger partial charge in [0.2, 0.25) is 11.8 Å². The number of benzene rings is 2. The number of aryl methyl sites for hydroxylation is 1. The number of imide groups is 1. The second-order valence-electron chi connectivity index (χ2n) is 7.26. The fourth-order valence-corrected chi connectivity index (χ4v) is 3.80. The minimum atomic E-state index is -0.306. The summed E-state index contributed by atoms with van der Waals surface area (Å²) in [7, 11) is 1.75. The van der Waals surface area contributed by atoms with Crippen LogP contribution in [0.1, 0.15) is 45.5 Å². The van der Waals surface area contributed by atoms with Crippen molar-refractivity contribution in [2.75, 3.05) is 23.8 Å². The molecule has 7 heteroatoms. The monoisotopic (exact) mass is 391 g/mol. The number of rotatable bonds is 5. The number of hydrogen-bond acceptors (Lipinski definition) is 4. The van der Waals surface area contributed by atoms with Crippen LogP contribution in [0.5, 0.6) is 0 Å². The topological polar surface area (TPSA) is 86.8 Å². The molecule has 2 heterocycles. The Balaban J connectivity index is 1.32. The average molecular weight is 391 g/mol. The second-order valence-corrected chi connectivity index (χ2v) is 7.26. The number of amides is 4. The normalized spacial score (nSPS) is 15.4. The highest BCUT2D eigenvalue weighted by Crippen LogP contribution is 2.29. The Hall–Kier alpha value is -3.48. The third-order valence-electron chi connectivity index (χ3n) is 5.37. The van der Waals surface area contributed by atoms with Gasteiger partial charge in [0, 0.05) is 37.8 Å². The van der Waals surface area contributed by atoms with Gasteiger partial charge in [-0.3, -0.25) is 24.1 Å². The number of anilines is 2. The molecule has 29 heavy (non-hydrogen) atoms. The third-order valence-corrected chi connectivity index (χ3v) is 5.37. The van der Waals surface area contributed by atoms with Crippen molar-refractivity contribution in [1.29, 1.82) is 0 Å². The molecule has 1 N–H and O–H groups in total. The molecule has 0 radical (unpaired) electrons. The lowest BCUT2D eigenvalue weighted by Crippen LogP contribution is -2.31. The van der Waals surface area contributed by atoms with Crippen molar-refractivity contribution in [2.24, 2.45) is 0 Å². The van der Waals surface area contributed by atoms with Crippen molar-refractivity contribution < 1.29 is 19.2 Å². The first kappa shape index (κ1) is 18.9. The smallest absolute Gasteiger partial charge is 0.261 e. The van der Waals surface area contributed by atoms with Crippen LogP contribution < -0.4 is 10.2 Å². The van der Waals surface area contributed by atoms with Gasteiger partial charge in [-0.2, -0.15) is 0 Å². The van der Waals surface area contributed by atoms with E-state index < -0.39 is 0 Å². The highest BCUT2D eigenvalue weighted by atomic mass is 16.2. The number of carbonyl (C=O) groups is 4. The maximum absolute atomic E-state index is 12.3. The highest BCUT2D eigenvalue weighted by Gasteiger charge is 2.34. The minimum Gasteiger partial charge on any atom is -0.326 e. The van der Waals surface area contributed by atoms with Gasteiger partial charge in [0.25, 0.3) is 11.8 Å². The van der Waals surface area contributed by atoms with Gasteiger partial charge in [0.05, 0.1) is 11.1 Å². The molecule has 0 spiro atoms. The molecular weight excluding hydrogens is 370 g/mol. The van der Waals surface area contributed by atoms with E-state index in [1.165, 1.54) is 4.90 Å². The maximum atomic E-state index is 12.3. The van der Waals surface area contributed by atoms with E-state index in [0.29, 0.717) is 36.1 Å². The van der Waals surface area contributed by atoms with Gasteiger partial charge < -0.3 is 10.2 Å². The zero-order valence-corrected chi connectivity index (χ0v) is 16.1. The van der Waals surface area contributed by atoms with Crippen molar-refractivity contribution >= 4 is 35.0 Å². The van der Waals surface area contributed by atoms with Gasteiger partial charge in [-0.1, -0.05) is 12.1 Å². The Morgan fingerprint density at radius 2 is 1.69 bits per heavy atom. The molecular formula is C22H21N3O4. The first-order valence-corrected chi connectivity index (χ1v) is 9.60. The third kappa shape index (κ3) is 3.51. The average Bonchev–Trinajstić information content (AvgIpc) is 2.96. The molecule has 0 fully saturated rings. The number of fused-ring (bicyclic) bond motifs is 2. The van der Waals surface area contributed by atoms with Crippen LogP contribution in [0.15, 0.2) is 42.5 Å². The molecule has 0 aliphatic carbocycles. The van der Waals surface area contributed by atoms with Crippen LogP contribution in [-0.4, -0.2) is 42.1 Å². The Bertz CT molecular complexity index is 995. The van der Waals surface area contributed by atoms with Crippen molar-refractivity contribution in [1.82, 2.24) is 4.90 Å². The highest BCUT2D eigenvalue weighted by molar-refractivity contribution is 6.21. The van der Waals surface area contributed by atoms with Crippen molar-refractivity contribution in [2.45, 2.75) is 25.7 Å². The first-order chi connectivity index (χ1) is 14.0. The van der Waals surface area contributed by atoms with Crippen molar-refractivity contribution in [3.63, 3.8) is 0 Å². The molecule has 0 saturated carbocycles. The van der Waals surface area contributed by atoms with E-state index in [9.17, 15) is 19.2 Å². The minimum absolute atomic E-state index is 0.0856. The van der Waals surface area contributed by atoms with Crippen LogP contribution in [0, 0.1) is 0 Å². The summed E-state index contributed by atoms with van der Waals surface area (Å²) in [5.41, 5.74) is 3.40. The summed E-state index contributed by atoms with van der Waals surface area (Å²) in [6, 6.07) is 12.2. The lowest BCUT2D eigenvalue weighted by Gasteiger charge is -2.26. The standard InChI is InChI=1S/C22H21N3O4/c1-24-18-10-9-15(13-14(18)8-11-20(24)27)23-19(26)7-4-12-25-21(28)16-5-2-3-6-17(16)22(25)29/h2-3,5-6,9-10,13H,4,7-8,11-12H2,1H3,(H,23,26). The summed E-state index contributed by atoms with van der Waals surface area (Å²) in [6.07, 6.45) is 1.70. The molecule has 2 aromatic rings. The van der Waals surface area contributed by atoms with Gasteiger partial charge in [0.15, 0.2) is 0 Å². The summed E-state index contributed by atoms with van der Waals surface area (Å²) in [5, 5.41) is 2.85. The molecule has 2 aromatic carbocycles. The summed E-state index contributed by atoms with van der Waals surface area (Å²) >= 11 is 0. The van der Waals surface area contributed by atoms with Crippen molar-refractivity contribution in [3.8, 4) is 0 Å². The Morgan fingerprint density at radius 1 is 1.00 bits per heavy atom. The Labute approximate surface area is 168 Å². The summed E-state index contributed by atoms with van der Waals surface area (Å²) in [6.45, 7) is 0.205. The zero-order valence-electron chi connectivity index (χ0n) is 16.1. The maximum Gasteiger partial charge on any atom is 0.261 e. The SMILES string of the molecule is CN1C(=O)CCc2cc(NC(=O)CCCN3C(=O)c4ccccc4C3=O)ccc21. The number of nitrogens with one attached hydrogen (secondary N) is 1. The number of carbonyl (C=O) groups excluding carboxylic acids is 4. The molecule has 2 aliphatic heterocycles. The summed E-state index contributed by atoms with van der Waals surface area (Å²) in [4.78, 5) is 51.6. The molecule has 0 atom stereocenters. The largest absolute Gasteiger partial charge is 0.326 e. The van der Waals surface area contributed by atoms with Gasteiger partial charge in [0.1, 0.15) is 0 Å². The van der Waals surface area contributed by atoms with E-state index in [1.807, 2.05) is 12.1 Å². The molecule has 148 valence electrons. The van der Waals surface area contributed by atoms with Crippen LogP contribution in [0.3, 0.4) is 0 Å². The van der Waals surface area contributed by atoms with E-state index in [1.54, 1.807) is 42.3 Å². The molecule has 2 aliphatic rings. The second kappa shape index (κ2) is 7.50. The van der Waals surface area contributed by atoms with Crippen LogP contribution in [-0.2, 0) is 16.0 Å². The van der Waals surface area contributed by atoms with Gasteiger partial charge in [-0.05, 0) is 48.7 Å². The number of hydrogen-bond donors (Lipinski definition) is 1. The van der Waals surface area contributed by atoms with E-state index in [4.69, 9.17) is 0 Å². The molecule has 0 bridgehead atoms. The zero-order chi connectivity index (χ0) is 20.5. The lowest BCUT2D eigenvalue weighted by atomic mass is 10.0. The molecule has 7 nitrogen and oxygen atoms in total. The summed E-state index contributed by atoms with van der Waals surface area (Å²) in [5.74, 6) is -0.706. The van der Waals surface area contributed by atoms with Gasteiger partial charge in [-0.25, -0.2) is 0 Å². The summed E-state index contributed by atoms with van der Waals surface area (Å²) < 4.78 is 0. The van der Waals surface area contributed by atoms with E-state index in [2.05, 4.69) is 5.32 Å². The van der Waals surface area contributed by atoms with Crippen molar-refractivity contribution in [3.05, 3.63) is 59.2 Å². The Kier molecular flexibility index (Phi) is 4.88. The van der Waals surface area contributed by atoms with Crippen LogP contribution in [0.2, 0.25) is 0 Å². The van der Waals surface area contributed by atoms with Crippen LogP contribution in [0.25, 0.3) is 0 Å². The molecule has 0 aromatic heterocycles. The fraction of sp³-hybridized carbons (Fsp3) is 0.273. The molecule has 0 unspecified atom stereocenters. The molecule has 4 rings (SSSR count). The van der Waals surface area contributed by atoms with E-state index in [-0.39, 0.29) is 36.6 Å². The fourth-order valence-electron chi connectivity index (χ4n) is 3.80. The predicted octanol–water partition coefficient (Wildman–Crippen LogP) is 2.61. The van der Waals surface area contributed by atoms with E-state index >= 15 is 0 Å². The first-order valence-electron chi connectivity index (χ1n) is 9.60. The quantitative estimate of drug-likeness (QED) is 0.794. The van der Waals surface area contributed by atoms with E-state index in [0.717, 1.165) is 11.3 Å². The molecule has 0 saturated heterocycles. The predicted molar refractivity (Wildman–Crippen MR) is 108 cm³/mol. The Morgan fingerprint density at radius 3 is 2.38 bits per heavy atom. The molecule has 4 amide bonds. The number of nitrogens with zero attached hydrogens (tertiary/aromatic N) is 2. The van der Waals surface area contributed by atoms with Crippen LogP contribution >= 0.6 is 0 Å². The lowest BCUT2D eigenvalue weighted by molar-refractivity contribution is -0.118. The van der Waals surface area contributed by atoms with Gasteiger partial charge >= 0.3 is 0 Å². The van der Waals surface area contributed by atoms with Gasteiger partial charge in [-0.15, -0.1) is 0 Å². The van der Waals surface area contributed by atoms with Crippen LogP contribution in [0.4, 0.5) is 11.4 Å².